The summed E-state index contributed by atoms with van der Waals surface area (Å²) in [4.78, 5) is 21.9. The molecule has 6 nitrogen and oxygen atoms in total. The van der Waals surface area contributed by atoms with Crippen LogP contribution in [0.4, 0.5) is 0 Å². The number of unbranched alkanes of at least 4 members (excludes halogenated alkanes) is 4. The summed E-state index contributed by atoms with van der Waals surface area (Å²) in [5.74, 6) is 1.40. The van der Waals surface area contributed by atoms with Gasteiger partial charge in [-0.1, -0.05) is 78.4 Å². The molecule has 1 fully saturated rings. The summed E-state index contributed by atoms with van der Waals surface area (Å²) in [5, 5.41) is 0. The monoisotopic (exact) mass is 632 g/mol. The van der Waals surface area contributed by atoms with Gasteiger partial charge in [-0.2, -0.15) is 0 Å². The lowest BCUT2D eigenvalue weighted by Crippen LogP contribution is -2.27. The number of ether oxygens (including phenoxy) is 3. The molecule has 0 radical (unpaired) electrons. The Morgan fingerprint density at radius 1 is 0.717 bits per heavy atom. The van der Waals surface area contributed by atoms with Gasteiger partial charge in [0.05, 0.1) is 19.2 Å². The fraction of sp³-hybridized carbons (Fsp3) is 0.625. The zero-order chi connectivity index (χ0) is 33.1. The molecule has 0 spiro atoms. The van der Waals surface area contributed by atoms with Crippen molar-refractivity contribution in [3.05, 3.63) is 57.6 Å². The second-order valence-electron chi connectivity index (χ2n) is 12.8. The van der Waals surface area contributed by atoms with Crippen LogP contribution in [0.2, 0.25) is 0 Å². The number of methoxy groups -OCH3 is 1. The Morgan fingerprint density at radius 3 is 1.63 bits per heavy atom. The maximum atomic E-state index is 11.5. The summed E-state index contributed by atoms with van der Waals surface area (Å²) in [6, 6.07) is 9.32. The molecule has 1 aliphatic carbocycles. The molecule has 6 heteroatoms. The largest absolute Gasteiger partial charge is 0.496 e. The summed E-state index contributed by atoms with van der Waals surface area (Å²) in [6.45, 7) is 10.2. The minimum Gasteiger partial charge on any atom is -0.496 e. The number of hydrogen-bond donors (Lipinski definition) is 0. The SMILES string of the molecule is CCCCc1cc(/C=N/C2CCCCC2/N=C/c2cc(CCCC)cc(CCCC)c2OCOC(C)=O)c(OC)c(CCCC)c1. The topological polar surface area (TPSA) is 69.5 Å². The summed E-state index contributed by atoms with van der Waals surface area (Å²) in [6.07, 6.45) is 21.6. The highest BCUT2D eigenvalue weighted by Crippen LogP contribution is 2.31. The van der Waals surface area contributed by atoms with Crippen LogP contribution < -0.4 is 9.47 Å². The molecule has 0 N–H and O–H groups in total. The van der Waals surface area contributed by atoms with Crippen molar-refractivity contribution in [2.45, 2.75) is 149 Å². The minimum atomic E-state index is -0.349. The third kappa shape index (κ3) is 11.9. The molecule has 0 aliphatic heterocycles. The number of nitrogens with zero attached hydrogens (tertiary/aromatic N) is 2. The Bertz CT molecular complexity index is 1270. The molecule has 0 aromatic heterocycles. The lowest BCUT2D eigenvalue weighted by molar-refractivity contribution is -0.147. The summed E-state index contributed by atoms with van der Waals surface area (Å²) < 4.78 is 17.3. The van der Waals surface area contributed by atoms with Crippen LogP contribution in [0.15, 0.2) is 34.3 Å². The van der Waals surface area contributed by atoms with Crippen LogP contribution in [0.3, 0.4) is 0 Å². The van der Waals surface area contributed by atoms with E-state index in [2.05, 4.69) is 58.2 Å². The van der Waals surface area contributed by atoms with Gasteiger partial charge >= 0.3 is 5.97 Å². The highest BCUT2D eigenvalue weighted by molar-refractivity contribution is 5.86. The normalized spacial score (nSPS) is 16.7. The van der Waals surface area contributed by atoms with E-state index in [1.54, 1.807) is 7.11 Å². The number of aliphatic imine (C=N–C) groups is 2. The van der Waals surface area contributed by atoms with E-state index < -0.39 is 0 Å². The van der Waals surface area contributed by atoms with Gasteiger partial charge in [-0.05, 0) is 98.6 Å². The molecule has 2 atom stereocenters. The molecule has 2 aromatic rings. The number of hydrogen-bond acceptors (Lipinski definition) is 6. The van der Waals surface area contributed by atoms with Crippen molar-refractivity contribution in [3.63, 3.8) is 0 Å². The standard InChI is InChI=1S/C40H60N2O4/c1-7-11-17-31-23-33(19-13-9-3)39(44-6)35(25-31)27-41-37-21-15-16-22-38(37)42-28-36-26-32(18-12-8-2)24-34(20-14-10-4)40(36)46-29-45-30(5)43/h23-28,37-38H,7-22,29H2,1-6H3/b41-27+,42-28+. The number of rotatable bonds is 20. The highest BCUT2D eigenvalue weighted by atomic mass is 16.7. The second-order valence-corrected chi connectivity index (χ2v) is 12.8. The molecule has 254 valence electrons. The van der Waals surface area contributed by atoms with E-state index in [1.807, 2.05) is 6.21 Å². The first-order chi connectivity index (χ1) is 22.4. The average Bonchev–Trinajstić information content (AvgIpc) is 3.06. The Kier molecular flexibility index (Phi) is 16.9. The molecular weight excluding hydrogens is 572 g/mol. The fourth-order valence-corrected chi connectivity index (χ4v) is 6.30. The molecule has 3 rings (SSSR count). The van der Waals surface area contributed by atoms with Gasteiger partial charge in [0.1, 0.15) is 11.5 Å². The smallest absolute Gasteiger partial charge is 0.305 e. The second kappa shape index (κ2) is 20.9. The van der Waals surface area contributed by atoms with Gasteiger partial charge in [-0.25, -0.2) is 0 Å². The Labute approximate surface area is 279 Å². The van der Waals surface area contributed by atoms with E-state index in [-0.39, 0.29) is 24.8 Å². The number of carbonyl (C=O) groups is 1. The van der Waals surface area contributed by atoms with Crippen LogP contribution >= 0.6 is 0 Å². The van der Waals surface area contributed by atoms with Gasteiger partial charge in [0, 0.05) is 30.5 Å². The summed E-state index contributed by atoms with van der Waals surface area (Å²) in [5.41, 5.74) is 7.18. The minimum absolute atomic E-state index is 0.0959. The first-order valence-electron chi connectivity index (χ1n) is 18.1. The number of benzene rings is 2. The molecule has 2 unspecified atom stereocenters. The van der Waals surface area contributed by atoms with Crippen molar-refractivity contribution in [3.8, 4) is 11.5 Å². The zero-order valence-corrected chi connectivity index (χ0v) is 29.7. The maximum absolute atomic E-state index is 11.5. The average molecular weight is 633 g/mol. The van der Waals surface area contributed by atoms with Crippen molar-refractivity contribution >= 4 is 18.4 Å². The van der Waals surface area contributed by atoms with Gasteiger partial charge in [0.15, 0.2) is 0 Å². The van der Waals surface area contributed by atoms with Crippen LogP contribution in [-0.4, -0.2) is 44.4 Å². The molecule has 0 bridgehead atoms. The Hall–Kier alpha value is -3.15. The number of esters is 1. The van der Waals surface area contributed by atoms with Crippen molar-refractivity contribution < 1.29 is 19.0 Å². The predicted molar refractivity (Wildman–Crippen MR) is 192 cm³/mol. The van der Waals surface area contributed by atoms with E-state index in [9.17, 15) is 4.79 Å². The molecule has 2 aromatic carbocycles. The van der Waals surface area contributed by atoms with Gasteiger partial charge in [-0.3, -0.25) is 14.8 Å². The Morgan fingerprint density at radius 2 is 1.17 bits per heavy atom. The van der Waals surface area contributed by atoms with E-state index in [0.717, 1.165) is 118 Å². The lowest BCUT2D eigenvalue weighted by atomic mass is 9.91. The van der Waals surface area contributed by atoms with Crippen molar-refractivity contribution in [2.24, 2.45) is 9.98 Å². The van der Waals surface area contributed by atoms with E-state index >= 15 is 0 Å². The molecule has 0 amide bonds. The molecule has 0 heterocycles. The van der Waals surface area contributed by atoms with Crippen molar-refractivity contribution in [2.75, 3.05) is 13.9 Å². The highest BCUT2D eigenvalue weighted by Gasteiger charge is 2.24. The van der Waals surface area contributed by atoms with E-state index in [0.29, 0.717) is 0 Å². The summed E-state index contributed by atoms with van der Waals surface area (Å²) in [7, 11) is 1.78. The fourth-order valence-electron chi connectivity index (χ4n) is 6.30. The first kappa shape index (κ1) is 37.3. The number of carbonyl (C=O) groups excluding carboxylic acids is 1. The van der Waals surface area contributed by atoms with Crippen LogP contribution in [0.5, 0.6) is 11.5 Å². The van der Waals surface area contributed by atoms with Crippen molar-refractivity contribution in [1.82, 2.24) is 0 Å². The van der Waals surface area contributed by atoms with Crippen LogP contribution in [0.25, 0.3) is 0 Å². The maximum Gasteiger partial charge on any atom is 0.305 e. The molecule has 1 aliphatic rings. The quantitative estimate of drug-likeness (QED) is 0.0828. The van der Waals surface area contributed by atoms with Crippen molar-refractivity contribution in [1.29, 1.82) is 0 Å². The van der Waals surface area contributed by atoms with Gasteiger partial charge in [-0.15, -0.1) is 0 Å². The van der Waals surface area contributed by atoms with E-state index in [4.69, 9.17) is 24.2 Å². The summed E-state index contributed by atoms with van der Waals surface area (Å²) >= 11 is 0. The van der Waals surface area contributed by atoms with Crippen LogP contribution in [0, 0.1) is 0 Å². The van der Waals surface area contributed by atoms with Gasteiger partial charge in [0.25, 0.3) is 0 Å². The molecule has 46 heavy (non-hydrogen) atoms. The van der Waals surface area contributed by atoms with Gasteiger partial charge < -0.3 is 14.2 Å². The van der Waals surface area contributed by atoms with Gasteiger partial charge in [0.2, 0.25) is 6.79 Å². The van der Waals surface area contributed by atoms with Crippen LogP contribution in [0.1, 0.15) is 145 Å². The van der Waals surface area contributed by atoms with Crippen LogP contribution in [-0.2, 0) is 35.2 Å². The predicted octanol–water partition coefficient (Wildman–Crippen LogP) is 9.81. The lowest BCUT2D eigenvalue weighted by Gasteiger charge is -2.26. The molecule has 1 saturated carbocycles. The third-order valence-electron chi connectivity index (χ3n) is 8.92. The Balaban J connectivity index is 1.95. The first-order valence-corrected chi connectivity index (χ1v) is 18.1. The zero-order valence-electron chi connectivity index (χ0n) is 29.7. The number of aryl methyl sites for hydroxylation is 4. The molecule has 0 saturated heterocycles. The third-order valence-corrected chi connectivity index (χ3v) is 8.92. The molecular formula is C40H60N2O4. The van der Waals surface area contributed by atoms with E-state index in [1.165, 1.54) is 36.5 Å².